The van der Waals surface area contributed by atoms with Crippen LogP contribution in [0.3, 0.4) is 0 Å². The van der Waals surface area contributed by atoms with Crippen molar-refractivity contribution in [3.05, 3.63) is 29.8 Å². The summed E-state index contributed by atoms with van der Waals surface area (Å²) in [4.78, 5) is 23.3. The van der Waals surface area contributed by atoms with E-state index in [1.54, 1.807) is 24.3 Å². The van der Waals surface area contributed by atoms with E-state index in [2.05, 4.69) is 10.6 Å². The highest BCUT2D eigenvalue weighted by atomic mass is 16.2. The molecule has 2 amide bonds. The molecule has 0 aliphatic heterocycles. The number of carbonyl (C=O) groups excluding carboxylic acids is 2. The zero-order valence-electron chi connectivity index (χ0n) is 11.3. The summed E-state index contributed by atoms with van der Waals surface area (Å²) >= 11 is 0. The number of amides is 2. The molecule has 0 saturated heterocycles. The first-order chi connectivity index (χ1) is 9.60. The molecule has 1 aromatic carbocycles. The summed E-state index contributed by atoms with van der Waals surface area (Å²) in [6.07, 6.45) is 1.17. The van der Waals surface area contributed by atoms with Gasteiger partial charge in [-0.05, 0) is 30.5 Å². The SMILES string of the molecule is C[C@H]1C[C@@H]1C(=O)NCCC(=O)Nc1cccc(C#N)c1. The second-order valence-electron chi connectivity index (χ2n) is 5.10. The third kappa shape index (κ3) is 3.82. The fraction of sp³-hybridized carbons (Fsp3) is 0.400. The Kier molecular flexibility index (Phi) is 4.36. The van der Waals surface area contributed by atoms with Gasteiger partial charge >= 0.3 is 0 Å². The number of nitrogens with one attached hydrogen (secondary N) is 2. The predicted octanol–water partition coefficient (Wildman–Crippen LogP) is 1.66. The van der Waals surface area contributed by atoms with E-state index < -0.39 is 0 Å². The van der Waals surface area contributed by atoms with Gasteiger partial charge in [0, 0.05) is 24.6 Å². The lowest BCUT2D eigenvalue weighted by Gasteiger charge is -2.06. The zero-order chi connectivity index (χ0) is 14.5. The van der Waals surface area contributed by atoms with E-state index >= 15 is 0 Å². The molecule has 0 unspecified atom stereocenters. The Balaban J connectivity index is 1.72. The maximum atomic E-state index is 11.7. The van der Waals surface area contributed by atoms with E-state index in [9.17, 15) is 9.59 Å². The molecule has 20 heavy (non-hydrogen) atoms. The molecule has 2 rings (SSSR count). The van der Waals surface area contributed by atoms with Crippen LogP contribution in [0.4, 0.5) is 5.69 Å². The number of hydrogen-bond acceptors (Lipinski definition) is 3. The largest absolute Gasteiger partial charge is 0.355 e. The highest BCUT2D eigenvalue weighted by Crippen LogP contribution is 2.37. The molecule has 1 fully saturated rings. The molecule has 0 heterocycles. The average molecular weight is 271 g/mol. The third-order valence-electron chi connectivity index (χ3n) is 3.37. The highest BCUT2D eigenvalue weighted by Gasteiger charge is 2.38. The van der Waals surface area contributed by atoms with Gasteiger partial charge in [-0.15, -0.1) is 0 Å². The van der Waals surface area contributed by atoms with Gasteiger partial charge in [0.15, 0.2) is 0 Å². The minimum atomic E-state index is -0.177. The van der Waals surface area contributed by atoms with Crippen molar-refractivity contribution in [3.63, 3.8) is 0 Å². The van der Waals surface area contributed by atoms with Gasteiger partial charge in [0.05, 0.1) is 11.6 Å². The van der Waals surface area contributed by atoms with Crippen molar-refractivity contribution in [2.24, 2.45) is 11.8 Å². The van der Waals surface area contributed by atoms with Crippen LogP contribution in [0, 0.1) is 23.2 Å². The Labute approximate surface area is 118 Å². The number of nitriles is 1. The minimum Gasteiger partial charge on any atom is -0.355 e. The molecule has 1 saturated carbocycles. The predicted molar refractivity (Wildman–Crippen MR) is 74.7 cm³/mol. The second-order valence-corrected chi connectivity index (χ2v) is 5.10. The Morgan fingerprint density at radius 3 is 2.85 bits per heavy atom. The van der Waals surface area contributed by atoms with Crippen LogP contribution in [0.15, 0.2) is 24.3 Å². The fourth-order valence-electron chi connectivity index (χ4n) is 2.01. The van der Waals surface area contributed by atoms with Gasteiger partial charge in [-0.3, -0.25) is 9.59 Å². The van der Waals surface area contributed by atoms with Crippen LogP contribution < -0.4 is 10.6 Å². The first-order valence-electron chi connectivity index (χ1n) is 6.68. The van der Waals surface area contributed by atoms with Gasteiger partial charge in [0.25, 0.3) is 0 Å². The van der Waals surface area contributed by atoms with Gasteiger partial charge < -0.3 is 10.6 Å². The smallest absolute Gasteiger partial charge is 0.226 e. The number of rotatable bonds is 5. The molecule has 1 aromatic rings. The number of hydrogen-bond donors (Lipinski definition) is 2. The molecule has 0 bridgehead atoms. The minimum absolute atomic E-state index is 0.0387. The maximum absolute atomic E-state index is 11.7. The average Bonchev–Trinajstić information content (AvgIpc) is 3.16. The Morgan fingerprint density at radius 2 is 2.20 bits per heavy atom. The van der Waals surface area contributed by atoms with Gasteiger partial charge in [-0.25, -0.2) is 0 Å². The third-order valence-corrected chi connectivity index (χ3v) is 3.37. The molecule has 104 valence electrons. The van der Waals surface area contributed by atoms with Crippen molar-refractivity contribution in [2.45, 2.75) is 19.8 Å². The molecule has 0 aromatic heterocycles. The standard InChI is InChI=1S/C15H17N3O2/c1-10-7-13(10)15(20)17-6-5-14(19)18-12-4-2-3-11(8-12)9-16/h2-4,8,10,13H,5-7H2,1H3,(H,17,20)(H,18,19)/t10-,13-/m0/s1. The lowest BCUT2D eigenvalue weighted by molar-refractivity contribution is -0.122. The lowest BCUT2D eigenvalue weighted by atomic mass is 10.2. The van der Waals surface area contributed by atoms with E-state index in [0.29, 0.717) is 23.7 Å². The van der Waals surface area contributed by atoms with Crippen LogP contribution in [0.25, 0.3) is 0 Å². The number of carbonyl (C=O) groups is 2. The Bertz CT molecular complexity index is 562. The summed E-state index contributed by atoms with van der Waals surface area (Å²) in [6, 6.07) is 8.74. The van der Waals surface area contributed by atoms with Gasteiger partial charge in [-0.2, -0.15) is 5.26 Å². The van der Waals surface area contributed by atoms with Crippen LogP contribution in [0.1, 0.15) is 25.3 Å². The molecule has 2 N–H and O–H groups in total. The highest BCUT2D eigenvalue weighted by molar-refractivity contribution is 5.91. The summed E-state index contributed by atoms with van der Waals surface area (Å²) in [5.74, 6) is 0.462. The summed E-state index contributed by atoms with van der Waals surface area (Å²) in [7, 11) is 0. The molecule has 0 radical (unpaired) electrons. The van der Waals surface area contributed by atoms with Crippen molar-refractivity contribution in [3.8, 4) is 6.07 Å². The molecule has 2 atom stereocenters. The van der Waals surface area contributed by atoms with E-state index in [1.165, 1.54) is 0 Å². The number of anilines is 1. The van der Waals surface area contributed by atoms with Crippen LogP contribution in [-0.4, -0.2) is 18.4 Å². The zero-order valence-corrected chi connectivity index (χ0v) is 11.3. The molecule has 5 nitrogen and oxygen atoms in total. The Hall–Kier alpha value is -2.35. The van der Waals surface area contributed by atoms with Crippen molar-refractivity contribution in [2.75, 3.05) is 11.9 Å². The molecular weight excluding hydrogens is 254 g/mol. The summed E-state index contributed by atoms with van der Waals surface area (Å²) in [5, 5.41) is 14.2. The Morgan fingerprint density at radius 1 is 1.45 bits per heavy atom. The van der Waals surface area contributed by atoms with Crippen molar-refractivity contribution >= 4 is 17.5 Å². The second kappa shape index (κ2) is 6.20. The van der Waals surface area contributed by atoms with Crippen molar-refractivity contribution in [1.29, 1.82) is 5.26 Å². The van der Waals surface area contributed by atoms with Crippen molar-refractivity contribution in [1.82, 2.24) is 5.32 Å². The van der Waals surface area contributed by atoms with E-state index in [4.69, 9.17) is 5.26 Å². The monoisotopic (exact) mass is 271 g/mol. The maximum Gasteiger partial charge on any atom is 0.226 e. The van der Waals surface area contributed by atoms with Gasteiger partial charge in [0.1, 0.15) is 0 Å². The van der Waals surface area contributed by atoms with E-state index in [0.717, 1.165) is 6.42 Å². The summed E-state index contributed by atoms with van der Waals surface area (Å²) < 4.78 is 0. The quantitative estimate of drug-likeness (QED) is 0.854. The molecular formula is C15H17N3O2. The normalized spacial score (nSPS) is 19.8. The van der Waals surface area contributed by atoms with E-state index in [-0.39, 0.29) is 24.2 Å². The number of benzene rings is 1. The molecule has 0 spiro atoms. The first-order valence-corrected chi connectivity index (χ1v) is 6.68. The summed E-state index contributed by atoms with van der Waals surface area (Å²) in [6.45, 7) is 2.38. The van der Waals surface area contributed by atoms with Crippen LogP contribution in [0.5, 0.6) is 0 Å². The molecule has 1 aliphatic carbocycles. The van der Waals surface area contributed by atoms with Crippen LogP contribution in [0.2, 0.25) is 0 Å². The lowest BCUT2D eigenvalue weighted by Crippen LogP contribution is -2.29. The topological polar surface area (TPSA) is 82.0 Å². The van der Waals surface area contributed by atoms with E-state index in [1.807, 2.05) is 13.0 Å². The van der Waals surface area contributed by atoms with Crippen LogP contribution >= 0.6 is 0 Å². The van der Waals surface area contributed by atoms with Gasteiger partial charge in [-0.1, -0.05) is 13.0 Å². The summed E-state index contributed by atoms with van der Waals surface area (Å²) in [5.41, 5.74) is 1.09. The van der Waals surface area contributed by atoms with Gasteiger partial charge in [0.2, 0.25) is 11.8 Å². The van der Waals surface area contributed by atoms with Crippen molar-refractivity contribution < 1.29 is 9.59 Å². The fourth-order valence-corrected chi connectivity index (χ4v) is 2.01. The first kappa shape index (κ1) is 14.1. The molecule has 1 aliphatic rings. The van der Waals surface area contributed by atoms with Crippen LogP contribution in [-0.2, 0) is 9.59 Å². The molecule has 5 heteroatoms. The number of nitrogens with zero attached hydrogens (tertiary/aromatic N) is 1.